The minimum Gasteiger partial charge on any atom is -0.410 e. The minimum atomic E-state index is -4.75. The van der Waals surface area contributed by atoms with Crippen molar-refractivity contribution in [1.82, 2.24) is 0 Å². The van der Waals surface area contributed by atoms with E-state index in [9.17, 15) is 19.2 Å². The van der Waals surface area contributed by atoms with E-state index in [1.54, 1.807) is 0 Å². The Labute approximate surface area is 123 Å². The van der Waals surface area contributed by atoms with Gasteiger partial charge >= 0.3 is 37.1 Å². The first-order chi connectivity index (χ1) is 9.28. The summed E-state index contributed by atoms with van der Waals surface area (Å²) in [6.45, 7) is 0.558. The van der Waals surface area contributed by atoms with Gasteiger partial charge in [-0.3, -0.25) is 0 Å². The first-order valence-corrected chi connectivity index (χ1v) is 12.0. The van der Waals surface area contributed by atoms with Gasteiger partial charge in [-0.05, 0) is 32.0 Å². The maximum atomic E-state index is 10.00. The Kier molecular flexibility index (Phi) is 10.5. The maximum absolute atomic E-state index is 10.00. The van der Waals surface area contributed by atoms with Gasteiger partial charge in [0.2, 0.25) is 0 Å². The highest BCUT2D eigenvalue weighted by Crippen LogP contribution is 2.17. The maximum Gasteiger partial charge on any atom is 0.657 e. The van der Waals surface area contributed by atoms with Crippen molar-refractivity contribution in [3.05, 3.63) is 0 Å². The van der Waals surface area contributed by atoms with E-state index in [0.717, 1.165) is 0 Å². The third-order valence-electron chi connectivity index (χ3n) is 2.04. The van der Waals surface area contributed by atoms with Gasteiger partial charge < -0.3 is 47.8 Å². The van der Waals surface area contributed by atoms with Gasteiger partial charge in [0, 0.05) is 6.04 Å². The van der Waals surface area contributed by atoms with Crippen molar-refractivity contribution in [3.63, 3.8) is 0 Å². The molecule has 0 fully saturated rings. The minimum absolute atomic E-state index is 0.0629. The zero-order valence-electron chi connectivity index (χ0n) is 10.9. The molecule has 0 aromatic rings. The van der Waals surface area contributed by atoms with Crippen LogP contribution in [-0.4, -0.2) is 74.2 Å². The molecule has 0 heterocycles. The Hall–Kier alpha value is 0.468. The van der Waals surface area contributed by atoms with Crippen LogP contribution in [0.15, 0.2) is 0 Å². The van der Waals surface area contributed by atoms with E-state index in [2.05, 4.69) is 8.23 Å². The number of nitrogens with two attached hydrogens (primary N) is 2. The van der Waals surface area contributed by atoms with Gasteiger partial charge in [0.25, 0.3) is 0 Å². The van der Waals surface area contributed by atoms with Gasteiger partial charge in [-0.1, -0.05) is 0 Å². The lowest BCUT2D eigenvalue weighted by atomic mass is 10.5. The molecule has 0 bridgehead atoms. The molecule has 0 aliphatic heterocycles. The molecule has 1 atom stereocenters. The molecule has 1 unspecified atom stereocenters. The van der Waals surface area contributed by atoms with Gasteiger partial charge in [-0.15, -0.1) is 0 Å². The average Bonchev–Trinajstić information content (AvgIpc) is 2.32. The zero-order valence-corrected chi connectivity index (χ0v) is 14.9. The standard InChI is InChI=1S/C6H21N2O8Si4/c7-3-1-5-18(10)15-20(12,13)16-19(11,14-17-9)6-2-4-8/h9-13H,1-8H2. The summed E-state index contributed by atoms with van der Waals surface area (Å²) < 4.78 is 14.1. The summed E-state index contributed by atoms with van der Waals surface area (Å²) in [6.07, 6.45) is 0.764. The molecule has 0 amide bonds. The normalized spacial score (nSPS) is 15.6. The van der Waals surface area contributed by atoms with Gasteiger partial charge in [0.15, 0.2) is 0 Å². The van der Waals surface area contributed by atoms with E-state index in [4.69, 9.17) is 20.4 Å². The Morgan fingerprint density at radius 3 is 2.20 bits per heavy atom. The van der Waals surface area contributed by atoms with Crippen molar-refractivity contribution in [2.45, 2.75) is 24.9 Å². The van der Waals surface area contributed by atoms with Crippen molar-refractivity contribution in [2.24, 2.45) is 11.5 Å². The molecular formula is C6H21N2O8Si4. The first kappa shape index (κ1) is 20.5. The zero-order chi connectivity index (χ0) is 15.6. The highest BCUT2D eigenvalue weighted by Gasteiger charge is 2.51. The van der Waals surface area contributed by atoms with E-state index in [1.165, 1.54) is 0 Å². The lowest BCUT2D eigenvalue weighted by Gasteiger charge is -2.29. The van der Waals surface area contributed by atoms with Gasteiger partial charge in [-0.2, -0.15) is 0 Å². The summed E-state index contributed by atoms with van der Waals surface area (Å²) in [5.74, 6) is 0. The molecular weight excluding hydrogens is 340 g/mol. The van der Waals surface area contributed by atoms with Crippen LogP contribution in [0.1, 0.15) is 12.8 Å². The van der Waals surface area contributed by atoms with Crippen molar-refractivity contribution in [1.29, 1.82) is 0 Å². The van der Waals surface area contributed by atoms with Crippen molar-refractivity contribution < 1.29 is 36.3 Å². The molecule has 119 valence electrons. The molecule has 0 aromatic heterocycles. The van der Waals surface area contributed by atoms with Gasteiger partial charge in [0.1, 0.15) is 0 Å². The quantitative estimate of drug-likeness (QED) is 0.170. The number of rotatable bonds is 12. The summed E-state index contributed by atoms with van der Waals surface area (Å²) in [7, 11) is -12.3. The van der Waals surface area contributed by atoms with Crippen LogP contribution in [0.5, 0.6) is 0 Å². The SMILES string of the molecule is NCCC[Si](O)O[Si](O)(O)O[Si](O)(CCCN)O[Si]O. The number of hydrogen-bond donors (Lipinski definition) is 7. The van der Waals surface area contributed by atoms with Crippen LogP contribution in [-0.2, 0) is 12.3 Å². The lowest BCUT2D eigenvalue weighted by molar-refractivity contribution is 0.0854. The second kappa shape index (κ2) is 10.2. The third-order valence-corrected chi connectivity index (χ3v) is 9.79. The predicted octanol–water partition coefficient (Wildman–Crippen LogP) is -3.91. The molecule has 0 aliphatic carbocycles. The Balaban J connectivity index is 4.49. The molecule has 0 saturated carbocycles. The predicted molar refractivity (Wildman–Crippen MR) is 74.3 cm³/mol. The van der Waals surface area contributed by atoms with Crippen LogP contribution in [0, 0.1) is 0 Å². The highest BCUT2D eigenvalue weighted by molar-refractivity contribution is 6.74. The van der Waals surface area contributed by atoms with Crippen molar-refractivity contribution >= 4 is 37.1 Å². The smallest absolute Gasteiger partial charge is 0.410 e. The molecule has 0 saturated heterocycles. The van der Waals surface area contributed by atoms with Crippen LogP contribution in [0.3, 0.4) is 0 Å². The molecule has 3 radical (unpaired) electrons. The number of hydrogen-bond acceptors (Lipinski definition) is 10. The highest BCUT2D eigenvalue weighted by atomic mass is 28.5. The van der Waals surface area contributed by atoms with Crippen molar-refractivity contribution in [2.75, 3.05) is 13.1 Å². The summed E-state index contributed by atoms with van der Waals surface area (Å²) in [6, 6.07) is 0.123. The molecule has 0 rings (SSSR count). The van der Waals surface area contributed by atoms with E-state index in [0.29, 0.717) is 19.4 Å². The summed E-state index contributed by atoms with van der Waals surface area (Å²) >= 11 is 0. The van der Waals surface area contributed by atoms with E-state index in [-0.39, 0.29) is 18.6 Å². The molecule has 20 heavy (non-hydrogen) atoms. The third kappa shape index (κ3) is 9.41. The van der Waals surface area contributed by atoms with E-state index < -0.39 is 37.1 Å². The Morgan fingerprint density at radius 2 is 1.70 bits per heavy atom. The topological polar surface area (TPSA) is 181 Å². The van der Waals surface area contributed by atoms with Crippen LogP contribution < -0.4 is 11.5 Å². The Bertz CT molecular complexity index is 265. The summed E-state index contributed by atoms with van der Waals surface area (Å²) in [4.78, 5) is 47.4. The fourth-order valence-electron chi connectivity index (χ4n) is 1.21. The van der Waals surface area contributed by atoms with Crippen LogP contribution in [0.25, 0.3) is 0 Å². The summed E-state index contributed by atoms with van der Waals surface area (Å²) in [5.41, 5.74) is 10.5. The molecule has 10 nitrogen and oxygen atoms in total. The molecule has 0 aromatic carbocycles. The van der Waals surface area contributed by atoms with E-state index in [1.807, 2.05) is 0 Å². The Morgan fingerprint density at radius 1 is 1.10 bits per heavy atom. The van der Waals surface area contributed by atoms with Crippen LogP contribution >= 0.6 is 0 Å². The fraction of sp³-hybridized carbons (Fsp3) is 1.00. The molecule has 0 spiro atoms. The molecule has 9 N–H and O–H groups in total. The van der Waals surface area contributed by atoms with Gasteiger partial charge in [0.05, 0.1) is 0 Å². The second-order valence-corrected chi connectivity index (χ2v) is 10.8. The van der Waals surface area contributed by atoms with E-state index >= 15 is 0 Å². The molecule has 14 heteroatoms. The second-order valence-electron chi connectivity index (χ2n) is 3.84. The molecule has 0 aliphatic rings. The van der Waals surface area contributed by atoms with Gasteiger partial charge in [-0.25, -0.2) is 0 Å². The van der Waals surface area contributed by atoms with Crippen molar-refractivity contribution in [3.8, 4) is 0 Å². The fourth-order valence-corrected chi connectivity index (χ4v) is 8.13. The largest absolute Gasteiger partial charge is 0.657 e. The van der Waals surface area contributed by atoms with Crippen LogP contribution in [0.2, 0.25) is 12.1 Å². The monoisotopic (exact) mass is 361 g/mol. The lowest BCUT2D eigenvalue weighted by Crippen LogP contribution is -2.58. The summed E-state index contributed by atoms with van der Waals surface area (Å²) in [5, 5.41) is 0. The van der Waals surface area contributed by atoms with Crippen LogP contribution in [0.4, 0.5) is 0 Å². The first-order valence-electron chi connectivity index (χ1n) is 5.87. The average molecular weight is 362 g/mol.